The van der Waals surface area contributed by atoms with E-state index < -0.39 is 6.17 Å². The molecule has 1 unspecified atom stereocenters. The number of hydrogen-bond acceptors (Lipinski definition) is 4. The Hall–Kier alpha value is -3.10. The van der Waals surface area contributed by atoms with Gasteiger partial charge in [-0.3, -0.25) is 4.79 Å². The highest BCUT2D eigenvalue weighted by atomic mass is 79.9. The Morgan fingerprint density at radius 3 is 2.53 bits per heavy atom. The van der Waals surface area contributed by atoms with Crippen LogP contribution >= 0.6 is 15.9 Å². The number of halogens is 2. The molecule has 0 bridgehead atoms. The summed E-state index contributed by atoms with van der Waals surface area (Å²) in [5, 5.41) is 16.6. The van der Waals surface area contributed by atoms with Gasteiger partial charge in [-0.25, -0.2) is 4.39 Å². The number of carbonyl (C=O) groups is 1. The Bertz CT molecular complexity index is 1230. The monoisotopic (exact) mass is 527 g/mol. The van der Waals surface area contributed by atoms with E-state index in [2.05, 4.69) is 57.8 Å². The zero-order valence-corrected chi connectivity index (χ0v) is 20.4. The van der Waals surface area contributed by atoms with Gasteiger partial charge in [-0.05, 0) is 61.5 Å². The van der Waals surface area contributed by atoms with Crippen LogP contribution in [0.5, 0.6) is 5.75 Å². The molecule has 3 aromatic carbocycles. The van der Waals surface area contributed by atoms with Gasteiger partial charge in [0, 0.05) is 45.1 Å². The molecule has 0 saturated carbocycles. The number of nitrogens with zero attached hydrogens (tertiary/aromatic N) is 1. The van der Waals surface area contributed by atoms with Crippen LogP contribution in [0, 0.1) is 6.92 Å². The molecule has 6 nitrogen and oxygen atoms in total. The number of hydrogen-bond donors (Lipinski definition) is 3. The van der Waals surface area contributed by atoms with Crippen molar-refractivity contribution in [3.63, 3.8) is 0 Å². The second-order valence-corrected chi connectivity index (χ2v) is 9.07. The maximum atomic E-state index is 15.1. The number of aliphatic hydroxyl groups is 1. The molecule has 0 saturated heterocycles. The molecule has 0 radical (unpaired) electrons. The molecule has 34 heavy (non-hydrogen) atoms. The first-order valence-corrected chi connectivity index (χ1v) is 11.9. The van der Waals surface area contributed by atoms with E-state index >= 15 is 4.39 Å². The summed E-state index contributed by atoms with van der Waals surface area (Å²) in [4.78, 5) is 11.5. The number of carbonyl (C=O) groups excluding carboxylic acids is 1. The van der Waals surface area contributed by atoms with Crippen molar-refractivity contribution in [2.45, 2.75) is 19.6 Å². The molecule has 1 amide bonds. The molecule has 0 aliphatic carbocycles. The van der Waals surface area contributed by atoms with Crippen molar-refractivity contribution in [3.05, 3.63) is 70.7 Å². The van der Waals surface area contributed by atoms with Crippen LogP contribution < -0.4 is 15.4 Å². The highest BCUT2D eigenvalue weighted by Gasteiger charge is 2.15. The van der Waals surface area contributed by atoms with Crippen LogP contribution in [0.1, 0.15) is 5.56 Å². The molecular formula is C26H27BrFN3O3. The minimum Gasteiger partial charge on any atom is -0.484 e. The third-order valence-corrected chi connectivity index (χ3v) is 6.04. The van der Waals surface area contributed by atoms with Gasteiger partial charge in [0.25, 0.3) is 5.91 Å². The lowest BCUT2D eigenvalue weighted by Gasteiger charge is -2.14. The molecule has 0 spiro atoms. The maximum absolute atomic E-state index is 15.1. The Morgan fingerprint density at radius 2 is 1.79 bits per heavy atom. The summed E-state index contributed by atoms with van der Waals surface area (Å²) in [6.07, 6.45) is -1.10. The summed E-state index contributed by atoms with van der Waals surface area (Å²) in [5.74, 6) is 0.234. The van der Waals surface area contributed by atoms with Gasteiger partial charge in [-0.15, -0.1) is 0 Å². The molecule has 4 rings (SSSR count). The third-order valence-electron chi connectivity index (χ3n) is 5.55. The normalized spacial score (nSPS) is 12.1. The van der Waals surface area contributed by atoms with Gasteiger partial charge in [0.2, 0.25) is 0 Å². The number of amides is 1. The maximum Gasteiger partial charge on any atom is 0.258 e. The van der Waals surface area contributed by atoms with E-state index in [4.69, 9.17) is 9.84 Å². The average Bonchev–Trinajstić information content (AvgIpc) is 3.12. The van der Waals surface area contributed by atoms with E-state index in [1.165, 1.54) is 5.56 Å². The van der Waals surface area contributed by atoms with Crippen LogP contribution in [0.3, 0.4) is 0 Å². The van der Waals surface area contributed by atoms with E-state index in [9.17, 15) is 4.79 Å². The van der Waals surface area contributed by atoms with Crippen molar-refractivity contribution in [3.8, 4) is 5.75 Å². The predicted molar refractivity (Wildman–Crippen MR) is 137 cm³/mol. The second kappa shape index (κ2) is 10.9. The van der Waals surface area contributed by atoms with Gasteiger partial charge < -0.3 is 25.0 Å². The van der Waals surface area contributed by atoms with E-state index in [0.29, 0.717) is 5.75 Å². The fourth-order valence-electron chi connectivity index (χ4n) is 3.94. The molecule has 178 valence electrons. The summed E-state index contributed by atoms with van der Waals surface area (Å²) in [7, 11) is 0. The van der Waals surface area contributed by atoms with Crippen molar-refractivity contribution < 1.29 is 19.0 Å². The Labute approximate surface area is 205 Å². The van der Waals surface area contributed by atoms with Crippen molar-refractivity contribution in [1.29, 1.82) is 0 Å². The molecule has 3 N–H and O–H groups in total. The predicted octanol–water partition coefficient (Wildman–Crippen LogP) is 4.80. The summed E-state index contributed by atoms with van der Waals surface area (Å²) in [5.41, 5.74) is 3.96. The number of aliphatic hydroxyl groups excluding tert-OH is 1. The Balaban J connectivity index is 1.39. The fourth-order valence-corrected chi connectivity index (χ4v) is 4.30. The fraction of sp³-hybridized carbons (Fsp3) is 0.269. The standard InChI is InChI=1S/C26H27BrFN3O3/c1-17-2-8-24-22(12-17)23-13-18(27)3-9-25(23)31(24)15-19(28)14-30-20-4-6-21(7-5-20)34-16-26(33)29-10-11-32/h2-9,12-13,19,30,32H,10-11,14-16H2,1H3,(H,29,33). The van der Waals surface area contributed by atoms with Crippen LogP contribution in [0.25, 0.3) is 21.8 Å². The molecule has 1 heterocycles. The van der Waals surface area contributed by atoms with Crippen molar-refractivity contribution in [2.24, 2.45) is 0 Å². The van der Waals surface area contributed by atoms with Crippen LogP contribution in [-0.4, -0.2) is 48.1 Å². The topological polar surface area (TPSA) is 75.5 Å². The van der Waals surface area contributed by atoms with E-state index in [1.807, 2.05) is 16.7 Å². The van der Waals surface area contributed by atoms with Gasteiger partial charge >= 0.3 is 0 Å². The summed E-state index contributed by atoms with van der Waals surface area (Å²) < 4.78 is 23.5. The van der Waals surface area contributed by atoms with Crippen molar-refractivity contribution in [2.75, 3.05) is 31.6 Å². The first-order valence-electron chi connectivity index (χ1n) is 11.1. The highest BCUT2D eigenvalue weighted by Crippen LogP contribution is 2.32. The Kier molecular flexibility index (Phi) is 7.70. The third kappa shape index (κ3) is 5.69. The van der Waals surface area contributed by atoms with Crippen molar-refractivity contribution in [1.82, 2.24) is 9.88 Å². The lowest BCUT2D eigenvalue weighted by molar-refractivity contribution is -0.123. The lowest BCUT2D eigenvalue weighted by atomic mass is 10.1. The molecule has 8 heteroatoms. The molecule has 0 aliphatic rings. The van der Waals surface area contributed by atoms with E-state index in [-0.39, 0.29) is 38.8 Å². The summed E-state index contributed by atoms with van der Waals surface area (Å²) >= 11 is 3.55. The van der Waals surface area contributed by atoms with Gasteiger partial charge in [-0.1, -0.05) is 27.6 Å². The van der Waals surface area contributed by atoms with E-state index in [0.717, 1.165) is 32.0 Å². The first-order chi connectivity index (χ1) is 16.4. The van der Waals surface area contributed by atoms with Crippen LogP contribution in [-0.2, 0) is 11.3 Å². The average molecular weight is 528 g/mol. The molecular weight excluding hydrogens is 501 g/mol. The second-order valence-electron chi connectivity index (χ2n) is 8.16. The molecule has 1 aromatic heterocycles. The number of benzene rings is 3. The smallest absolute Gasteiger partial charge is 0.258 e. The molecule has 1 atom stereocenters. The first kappa shape index (κ1) is 24.0. The SMILES string of the molecule is Cc1ccc2c(c1)c1cc(Br)ccc1n2CC(F)CNc1ccc(OCC(=O)NCCO)cc1. The van der Waals surface area contributed by atoms with Crippen LogP contribution in [0.4, 0.5) is 10.1 Å². The molecule has 0 fully saturated rings. The number of fused-ring (bicyclic) bond motifs is 3. The highest BCUT2D eigenvalue weighted by molar-refractivity contribution is 9.10. The number of aryl methyl sites for hydroxylation is 1. The Morgan fingerprint density at radius 1 is 1.09 bits per heavy atom. The lowest BCUT2D eigenvalue weighted by Crippen LogP contribution is -2.31. The summed E-state index contributed by atoms with van der Waals surface area (Å²) in [6, 6.07) is 19.4. The number of ether oxygens (including phenoxy) is 1. The van der Waals surface area contributed by atoms with Gasteiger partial charge in [0.05, 0.1) is 13.2 Å². The number of aromatic nitrogens is 1. The van der Waals surface area contributed by atoms with Gasteiger partial charge in [-0.2, -0.15) is 0 Å². The summed E-state index contributed by atoms with van der Waals surface area (Å²) in [6.45, 7) is 2.41. The van der Waals surface area contributed by atoms with Crippen LogP contribution in [0.2, 0.25) is 0 Å². The minimum atomic E-state index is -1.10. The number of alkyl halides is 1. The number of rotatable bonds is 10. The zero-order chi connectivity index (χ0) is 24.1. The van der Waals surface area contributed by atoms with Crippen LogP contribution in [0.15, 0.2) is 65.1 Å². The van der Waals surface area contributed by atoms with E-state index in [1.54, 1.807) is 24.3 Å². The number of nitrogens with one attached hydrogen (secondary N) is 2. The minimum absolute atomic E-state index is 0.115. The molecule has 4 aromatic rings. The molecule has 0 aliphatic heterocycles. The zero-order valence-electron chi connectivity index (χ0n) is 18.9. The van der Waals surface area contributed by atoms with Gasteiger partial charge in [0.15, 0.2) is 6.61 Å². The number of anilines is 1. The largest absolute Gasteiger partial charge is 0.484 e. The quantitative estimate of drug-likeness (QED) is 0.277. The van der Waals surface area contributed by atoms with Crippen molar-refractivity contribution >= 4 is 49.3 Å². The van der Waals surface area contributed by atoms with Gasteiger partial charge in [0.1, 0.15) is 11.9 Å².